The van der Waals surface area contributed by atoms with Crippen molar-refractivity contribution in [1.82, 2.24) is 0 Å². The van der Waals surface area contributed by atoms with Crippen molar-refractivity contribution in [1.29, 1.82) is 0 Å². The van der Waals surface area contributed by atoms with Crippen molar-refractivity contribution in [3.8, 4) is 5.75 Å². The molecule has 0 aliphatic heterocycles. The van der Waals surface area contributed by atoms with Crippen LogP contribution in [-0.2, 0) is 11.3 Å². The molecule has 2 aromatic carbocycles. The zero-order valence-electron chi connectivity index (χ0n) is 11.4. The molecule has 0 aliphatic rings. The third-order valence-electron chi connectivity index (χ3n) is 2.84. The third kappa shape index (κ3) is 4.10. The molecule has 0 heterocycles. The highest BCUT2D eigenvalue weighted by atomic mass is 16.5. The number of anilines is 1. The number of amides is 1. The van der Waals surface area contributed by atoms with E-state index in [2.05, 4.69) is 5.32 Å². The Morgan fingerprint density at radius 1 is 1.20 bits per heavy atom. The largest absolute Gasteiger partial charge is 0.484 e. The van der Waals surface area contributed by atoms with Crippen LogP contribution in [0.3, 0.4) is 0 Å². The molecule has 0 spiro atoms. The number of nitrogens with one attached hydrogen (secondary N) is 1. The topological polar surface area (TPSA) is 64.3 Å². The summed E-state index contributed by atoms with van der Waals surface area (Å²) < 4.78 is 5.41. The second-order valence-corrected chi connectivity index (χ2v) is 4.55. The van der Waals surface area contributed by atoms with E-state index in [9.17, 15) is 4.79 Å². The highest BCUT2D eigenvalue weighted by molar-refractivity contribution is 5.91. The van der Waals surface area contributed by atoms with Gasteiger partial charge in [-0.25, -0.2) is 0 Å². The van der Waals surface area contributed by atoms with Gasteiger partial charge < -0.3 is 15.8 Å². The molecule has 2 rings (SSSR count). The molecule has 0 bridgehead atoms. The average Bonchev–Trinajstić information content (AvgIpc) is 2.47. The molecule has 0 atom stereocenters. The molecule has 1 amide bonds. The summed E-state index contributed by atoms with van der Waals surface area (Å²) in [6, 6.07) is 15.0. The molecule has 0 saturated heterocycles. The number of hydrogen-bond acceptors (Lipinski definition) is 3. The lowest BCUT2D eigenvalue weighted by Crippen LogP contribution is -2.20. The Labute approximate surface area is 118 Å². The predicted molar refractivity (Wildman–Crippen MR) is 79.6 cm³/mol. The number of nitrogens with two attached hydrogens (primary N) is 1. The summed E-state index contributed by atoms with van der Waals surface area (Å²) in [7, 11) is 0. The van der Waals surface area contributed by atoms with Crippen molar-refractivity contribution in [3.05, 3.63) is 59.7 Å². The molecule has 0 radical (unpaired) electrons. The zero-order chi connectivity index (χ0) is 14.4. The minimum Gasteiger partial charge on any atom is -0.484 e. The van der Waals surface area contributed by atoms with Crippen LogP contribution in [0.5, 0.6) is 5.75 Å². The molecular formula is C16H18N2O2. The Hall–Kier alpha value is -2.33. The molecule has 3 N–H and O–H groups in total. The van der Waals surface area contributed by atoms with Crippen LogP contribution in [0, 0.1) is 6.92 Å². The molecule has 0 aliphatic carbocycles. The minimum absolute atomic E-state index is 0.0179. The van der Waals surface area contributed by atoms with Gasteiger partial charge in [0.05, 0.1) is 0 Å². The van der Waals surface area contributed by atoms with Crippen LogP contribution in [-0.4, -0.2) is 12.5 Å². The van der Waals surface area contributed by atoms with Crippen molar-refractivity contribution < 1.29 is 9.53 Å². The number of hydrogen-bond donors (Lipinski definition) is 2. The summed E-state index contributed by atoms with van der Waals surface area (Å²) in [6.07, 6.45) is 0. The van der Waals surface area contributed by atoms with Crippen molar-refractivity contribution in [2.75, 3.05) is 11.9 Å². The van der Waals surface area contributed by atoms with E-state index in [4.69, 9.17) is 10.5 Å². The van der Waals surface area contributed by atoms with Gasteiger partial charge in [0.1, 0.15) is 5.75 Å². The molecule has 104 valence electrons. The first-order valence-electron chi connectivity index (χ1n) is 6.46. The summed E-state index contributed by atoms with van der Waals surface area (Å²) in [5, 5.41) is 2.78. The quantitative estimate of drug-likeness (QED) is 0.877. The summed E-state index contributed by atoms with van der Waals surface area (Å²) in [6.45, 7) is 2.43. The van der Waals surface area contributed by atoms with E-state index in [-0.39, 0.29) is 12.5 Å². The summed E-state index contributed by atoms with van der Waals surface area (Å²) >= 11 is 0. The van der Waals surface area contributed by atoms with Gasteiger partial charge in [0, 0.05) is 12.2 Å². The maximum absolute atomic E-state index is 11.8. The van der Waals surface area contributed by atoms with Crippen LogP contribution in [0.4, 0.5) is 5.69 Å². The van der Waals surface area contributed by atoms with Gasteiger partial charge in [-0.05, 0) is 36.8 Å². The Kier molecular flexibility index (Phi) is 4.74. The highest BCUT2D eigenvalue weighted by Crippen LogP contribution is 2.12. The fraction of sp³-hybridized carbons (Fsp3) is 0.188. The van der Waals surface area contributed by atoms with Gasteiger partial charge in [-0.1, -0.05) is 29.8 Å². The van der Waals surface area contributed by atoms with Crippen molar-refractivity contribution in [3.63, 3.8) is 0 Å². The Balaban J connectivity index is 1.87. The molecular weight excluding hydrogens is 252 g/mol. The summed E-state index contributed by atoms with van der Waals surface area (Å²) in [4.78, 5) is 11.8. The minimum atomic E-state index is -0.195. The number of carbonyl (C=O) groups excluding carboxylic acids is 1. The fourth-order valence-electron chi connectivity index (χ4n) is 1.76. The monoisotopic (exact) mass is 270 g/mol. The van der Waals surface area contributed by atoms with Gasteiger partial charge in [-0.2, -0.15) is 0 Å². The maximum Gasteiger partial charge on any atom is 0.262 e. The van der Waals surface area contributed by atoms with Crippen molar-refractivity contribution in [2.24, 2.45) is 5.73 Å². The molecule has 4 heteroatoms. The van der Waals surface area contributed by atoms with Crippen molar-refractivity contribution >= 4 is 11.6 Å². The summed E-state index contributed by atoms with van der Waals surface area (Å²) in [5.41, 5.74) is 8.41. The lowest BCUT2D eigenvalue weighted by molar-refractivity contribution is -0.118. The smallest absolute Gasteiger partial charge is 0.262 e. The molecule has 0 fully saturated rings. The average molecular weight is 270 g/mol. The second-order valence-electron chi connectivity index (χ2n) is 4.55. The standard InChI is InChI=1S/C16H18N2O2/c1-12-5-7-15(8-6-12)20-11-16(19)18-14-4-2-3-13(9-14)10-17/h2-9H,10-11,17H2,1H3,(H,18,19). The van der Waals surface area contributed by atoms with E-state index >= 15 is 0 Å². The Morgan fingerprint density at radius 3 is 2.65 bits per heavy atom. The fourth-order valence-corrected chi connectivity index (χ4v) is 1.76. The van der Waals surface area contributed by atoms with E-state index in [1.165, 1.54) is 0 Å². The molecule has 4 nitrogen and oxygen atoms in total. The van der Waals surface area contributed by atoms with E-state index < -0.39 is 0 Å². The van der Waals surface area contributed by atoms with Crippen LogP contribution in [0.1, 0.15) is 11.1 Å². The van der Waals surface area contributed by atoms with E-state index in [0.29, 0.717) is 12.3 Å². The first kappa shape index (κ1) is 14.1. The number of carbonyl (C=O) groups is 1. The van der Waals surface area contributed by atoms with Gasteiger partial charge in [0.2, 0.25) is 0 Å². The SMILES string of the molecule is Cc1ccc(OCC(=O)Nc2cccc(CN)c2)cc1. The van der Waals surface area contributed by atoms with Gasteiger partial charge in [-0.3, -0.25) is 4.79 Å². The van der Waals surface area contributed by atoms with Crippen molar-refractivity contribution in [2.45, 2.75) is 13.5 Å². The Morgan fingerprint density at radius 2 is 1.95 bits per heavy atom. The van der Waals surface area contributed by atoms with E-state index in [1.807, 2.05) is 55.5 Å². The van der Waals surface area contributed by atoms with Gasteiger partial charge in [0.25, 0.3) is 5.91 Å². The third-order valence-corrected chi connectivity index (χ3v) is 2.84. The van der Waals surface area contributed by atoms with Gasteiger partial charge in [0.15, 0.2) is 6.61 Å². The molecule has 0 saturated carbocycles. The second kappa shape index (κ2) is 6.73. The lowest BCUT2D eigenvalue weighted by atomic mass is 10.2. The van der Waals surface area contributed by atoms with Crippen LogP contribution < -0.4 is 15.8 Å². The summed E-state index contributed by atoms with van der Waals surface area (Å²) in [5.74, 6) is 0.487. The van der Waals surface area contributed by atoms with E-state index in [0.717, 1.165) is 16.8 Å². The number of ether oxygens (including phenoxy) is 1. The molecule has 0 unspecified atom stereocenters. The highest BCUT2D eigenvalue weighted by Gasteiger charge is 2.04. The molecule has 20 heavy (non-hydrogen) atoms. The normalized spacial score (nSPS) is 10.1. The van der Waals surface area contributed by atoms with Crippen LogP contribution >= 0.6 is 0 Å². The van der Waals surface area contributed by atoms with E-state index in [1.54, 1.807) is 0 Å². The lowest BCUT2D eigenvalue weighted by Gasteiger charge is -2.08. The van der Waals surface area contributed by atoms with Crippen LogP contribution in [0.2, 0.25) is 0 Å². The van der Waals surface area contributed by atoms with Gasteiger partial charge in [-0.15, -0.1) is 0 Å². The zero-order valence-corrected chi connectivity index (χ0v) is 11.4. The number of rotatable bonds is 5. The number of aryl methyl sites for hydroxylation is 1. The number of benzene rings is 2. The molecule has 2 aromatic rings. The van der Waals surface area contributed by atoms with Crippen LogP contribution in [0.25, 0.3) is 0 Å². The Bertz CT molecular complexity index is 579. The first-order valence-corrected chi connectivity index (χ1v) is 6.46. The first-order chi connectivity index (χ1) is 9.67. The van der Waals surface area contributed by atoms with Gasteiger partial charge >= 0.3 is 0 Å². The molecule has 0 aromatic heterocycles. The van der Waals surface area contributed by atoms with Crippen LogP contribution in [0.15, 0.2) is 48.5 Å². The maximum atomic E-state index is 11.8. The predicted octanol–water partition coefficient (Wildman–Crippen LogP) is 2.47.